The lowest BCUT2D eigenvalue weighted by Crippen LogP contribution is -2.09. The van der Waals surface area contributed by atoms with Crippen LogP contribution >= 0.6 is 34.8 Å². The molecule has 4 aromatic carbocycles. The number of nitrogens with one attached hydrogen (secondary N) is 1. The summed E-state index contributed by atoms with van der Waals surface area (Å²) in [6.45, 7) is 3.69. The molecule has 0 bridgehead atoms. The molecule has 8 rings (SSSR count). The quantitative estimate of drug-likeness (QED) is 0.0365. The van der Waals surface area contributed by atoms with Crippen LogP contribution in [-0.2, 0) is 25.2 Å². The van der Waals surface area contributed by atoms with Crippen LogP contribution in [0.3, 0.4) is 0 Å². The van der Waals surface area contributed by atoms with Gasteiger partial charge in [0.25, 0.3) is 0 Å². The number of aromatic nitrogens is 8. The first kappa shape index (κ1) is 49.2. The molecule has 0 fully saturated rings. The summed E-state index contributed by atoms with van der Waals surface area (Å²) in [6, 6.07) is 19.3. The number of rotatable bonds is 8. The van der Waals surface area contributed by atoms with Gasteiger partial charge in [-0.3, -0.25) is 9.59 Å². The molecular formula is C44H33Cl3F6N12O2. The number of Topliss-reactive ketones (excluding diaryl/α,β-unsaturated/α-hetero) is 2. The minimum absolute atomic E-state index is 0.0106. The van der Waals surface area contributed by atoms with Gasteiger partial charge in [0.1, 0.15) is 34.7 Å². The van der Waals surface area contributed by atoms with Crippen molar-refractivity contribution < 1.29 is 35.9 Å². The molecule has 8 aromatic rings. The molecule has 0 unspecified atom stereocenters. The summed E-state index contributed by atoms with van der Waals surface area (Å²) >= 11 is 17.2. The summed E-state index contributed by atoms with van der Waals surface area (Å²) in [6.07, 6.45) is -6.45. The van der Waals surface area contributed by atoms with Crippen molar-refractivity contribution in [1.29, 1.82) is 0 Å². The summed E-state index contributed by atoms with van der Waals surface area (Å²) in [5.41, 5.74) is 21.1. The van der Waals surface area contributed by atoms with Crippen LogP contribution in [0.15, 0.2) is 97.6 Å². The zero-order chi connectivity index (χ0) is 48.8. The van der Waals surface area contributed by atoms with E-state index in [1.54, 1.807) is 36.4 Å². The number of nitrogens with two attached hydrogens (primary N) is 3. The van der Waals surface area contributed by atoms with E-state index in [4.69, 9.17) is 52.0 Å². The Hall–Kier alpha value is -7.29. The van der Waals surface area contributed by atoms with E-state index in [9.17, 15) is 35.9 Å². The molecule has 0 radical (unpaired) electrons. The Bertz CT molecular complexity index is 3160. The van der Waals surface area contributed by atoms with E-state index in [0.29, 0.717) is 50.4 Å². The van der Waals surface area contributed by atoms with Gasteiger partial charge in [-0.25, -0.2) is 29.9 Å². The van der Waals surface area contributed by atoms with E-state index in [2.05, 4.69) is 45.2 Å². The van der Waals surface area contributed by atoms with Gasteiger partial charge in [-0.2, -0.15) is 36.3 Å². The van der Waals surface area contributed by atoms with Crippen LogP contribution in [0.25, 0.3) is 22.1 Å². The number of alkyl halides is 6. The molecule has 7 N–H and O–H groups in total. The first-order chi connectivity index (χ1) is 31.6. The van der Waals surface area contributed by atoms with Gasteiger partial charge in [0.2, 0.25) is 10.6 Å². The highest BCUT2D eigenvalue weighted by Crippen LogP contribution is 2.32. The molecule has 4 heterocycles. The lowest BCUT2D eigenvalue weighted by Gasteiger charge is -2.13. The number of hydrogen-bond acceptors (Lipinski definition) is 14. The Labute approximate surface area is 391 Å². The van der Waals surface area contributed by atoms with E-state index >= 15 is 0 Å². The molecule has 14 nitrogen and oxygen atoms in total. The van der Waals surface area contributed by atoms with Gasteiger partial charge in [-0.05, 0) is 95.7 Å². The average molecular weight is 982 g/mol. The van der Waals surface area contributed by atoms with Crippen LogP contribution < -0.4 is 22.5 Å². The zero-order valence-electron chi connectivity index (χ0n) is 34.7. The molecule has 0 aliphatic carbocycles. The molecule has 0 saturated carbocycles. The predicted octanol–water partition coefficient (Wildman–Crippen LogP) is 10.5. The van der Waals surface area contributed by atoms with E-state index < -0.39 is 29.3 Å². The monoisotopic (exact) mass is 980 g/mol. The maximum absolute atomic E-state index is 13.0. The fourth-order valence-corrected chi connectivity index (χ4v) is 6.63. The number of nitrogens with zero attached hydrogens (tertiary/aromatic N) is 8. The maximum Gasteiger partial charge on any atom is 0.416 e. The molecule has 0 spiro atoms. The standard InChI is InChI=1S/C22H16ClF3N6O.C16H14F3NO.C6H3Cl2N5/c1-11-5-6-12(8-16(33)13-3-2-4-14(9-13)22(24,25)26)7-15(11)30-20-18-17(28-10-29-20)19(27)32-21(23)31-18;1-10-5-6-11(7-14(10)20)8-15(21)12-3-2-4-13(9-12)16(17,18)19;7-4-2-3(10-1-11-4)5(9)13-6(8)12-2/h2-7,9-10H,8H2,1H3,(H2,27,31,32)(H,28,29,30);2-7,9H,8,20H2,1H3;1H,(H2,9,12,13). The first-order valence-electron chi connectivity index (χ1n) is 19.2. The number of fused-ring (bicyclic) bond motifs is 2. The molecule has 0 aliphatic rings. The van der Waals surface area contributed by atoms with Crippen LogP contribution in [0.2, 0.25) is 15.7 Å². The summed E-state index contributed by atoms with van der Waals surface area (Å²) in [5, 5.41) is 3.31. The maximum atomic E-state index is 13.0. The van der Waals surface area contributed by atoms with E-state index in [1.807, 2.05) is 13.8 Å². The molecule has 0 atom stereocenters. The smallest absolute Gasteiger partial charge is 0.399 e. The van der Waals surface area contributed by atoms with Crippen molar-refractivity contribution in [2.45, 2.75) is 39.0 Å². The van der Waals surface area contributed by atoms with Gasteiger partial charge in [0.05, 0.1) is 11.1 Å². The number of carbonyl (C=O) groups is 2. The third kappa shape index (κ3) is 12.5. The Balaban J connectivity index is 0.000000185. The highest BCUT2D eigenvalue weighted by Gasteiger charge is 2.32. The molecule has 23 heteroatoms. The summed E-state index contributed by atoms with van der Waals surface area (Å²) in [7, 11) is 0. The fraction of sp³-hybridized carbons (Fsp3) is 0.136. The first-order valence-corrected chi connectivity index (χ1v) is 20.4. The predicted molar refractivity (Wildman–Crippen MR) is 243 cm³/mol. The normalized spacial score (nSPS) is 11.3. The van der Waals surface area contributed by atoms with Gasteiger partial charge in [-0.1, -0.05) is 60.1 Å². The lowest BCUT2D eigenvalue weighted by molar-refractivity contribution is -0.138. The SMILES string of the molecule is Cc1ccc(CC(=O)c2cccc(C(F)(F)F)c2)cc1N.Cc1ccc(CC(=O)c2cccc(C(F)(F)F)c2)cc1Nc1ncnc2c(N)nc(Cl)nc12.Nc1nc(Cl)nc2c(Cl)ncnc12. The fourth-order valence-electron chi connectivity index (χ4n) is 6.10. The molecule has 0 amide bonds. The zero-order valence-corrected chi connectivity index (χ0v) is 36.9. The van der Waals surface area contributed by atoms with Gasteiger partial charge < -0.3 is 22.5 Å². The molecule has 0 aliphatic heterocycles. The largest absolute Gasteiger partial charge is 0.416 e. The van der Waals surface area contributed by atoms with Crippen molar-refractivity contribution in [3.63, 3.8) is 0 Å². The second-order valence-corrected chi connectivity index (χ2v) is 15.4. The van der Waals surface area contributed by atoms with Crippen molar-refractivity contribution >= 4 is 97.3 Å². The van der Waals surface area contributed by atoms with Crippen molar-refractivity contribution in [3.05, 3.63) is 158 Å². The van der Waals surface area contributed by atoms with Crippen molar-refractivity contribution in [3.8, 4) is 0 Å². The molecule has 344 valence electrons. The van der Waals surface area contributed by atoms with Crippen molar-refractivity contribution in [1.82, 2.24) is 39.9 Å². The van der Waals surface area contributed by atoms with Gasteiger partial charge in [0, 0.05) is 35.3 Å². The molecule has 67 heavy (non-hydrogen) atoms. The minimum atomic E-state index is -4.52. The van der Waals surface area contributed by atoms with Crippen molar-refractivity contribution in [2.75, 3.05) is 22.5 Å². The van der Waals surface area contributed by atoms with Gasteiger partial charge in [-0.15, -0.1) is 0 Å². The Morgan fingerprint density at radius 3 is 1.57 bits per heavy atom. The van der Waals surface area contributed by atoms with Crippen LogP contribution in [0, 0.1) is 13.8 Å². The van der Waals surface area contributed by atoms with Gasteiger partial charge >= 0.3 is 12.4 Å². The van der Waals surface area contributed by atoms with Crippen LogP contribution in [0.4, 0.5) is 55.2 Å². The number of ketones is 2. The van der Waals surface area contributed by atoms with Crippen LogP contribution in [-0.4, -0.2) is 51.4 Å². The number of anilines is 5. The second kappa shape index (κ2) is 20.5. The Morgan fingerprint density at radius 2 is 1.04 bits per heavy atom. The molecule has 0 saturated heterocycles. The second-order valence-electron chi connectivity index (χ2n) is 14.4. The lowest BCUT2D eigenvalue weighted by atomic mass is 9.99. The number of nitrogen functional groups attached to an aromatic ring is 3. The summed E-state index contributed by atoms with van der Waals surface area (Å²) in [4.78, 5) is 56.2. The van der Waals surface area contributed by atoms with Crippen molar-refractivity contribution in [2.24, 2.45) is 0 Å². The van der Waals surface area contributed by atoms with Crippen LogP contribution in [0.1, 0.15) is 54.1 Å². The summed E-state index contributed by atoms with van der Waals surface area (Å²) < 4.78 is 76.8. The number of aryl methyl sites for hydroxylation is 2. The van der Waals surface area contributed by atoms with Gasteiger partial charge in [0.15, 0.2) is 34.2 Å². The third-order valence-electron chi connectivity index (χ3n) is 9.57. The van der Waals surface area contributed by atoms with E-state index in [0.717, 1.165) is 35.4 Å². The molecule has 4 aromatic heterocycles. The highest BCUT2D eigenvalue weighted by molar-refractivity contribution is 6.34. The third-order valence-corrected chi connectivity index (χ3v) is 10.2. The Kier molecular flexibility index (Phi) is 15.0. The van der Waals surface area contributed by atoms with E-state index in [1.165, 1.54) is 36.9 Å². The number of benzene rings is 4. The van der Waals surface area contributed by atoms with E-state index in [-0.39, 0.29) is 57.1 Å². The topological polar surface area (TPSA) is 227 Å². The highest BCUT2D eigenvalue weighted by atomic mass is 35.5. The number of halogens is 9. The Morgan fingerprint density at radius 1 is 0.567 bits per heavy atom. The molecular weight excluding hydrogens is 949 g/mol. The minimum Gasteiger partial charge on any atom is -0.399 e. The average Bonchev–Trinajstić information content (AvgIpc) is 3.27. The number of hydrogen-bond donors (Lipinski definition) is 4. The number of carbonyl (C=O) groups excluding carboxylic acids is 2. The van der Waals surface area contributed by atoms with Crippen LogP contribution in [0.5, 0.6) is 0 Å². The summed E-state index contributed by atoms with van der Waals surface area (Å²) in [5.74, 6) is -0.174.